The van der Waals surface area contributed by atoms with Crippen LogP contribution in [0, 0.1) is 5.92 Å². The van der Waals surface area contributed by atoms with Crippen molar-refractivity contribution in [2.75, 3.05) is 13.1 Å². The maximum atomic E-state index is 12.1. The average molecular weight is 587 g/mol. The molecule has 2 fully saturated rings. The lowest BCUT2D eigenvalue weighted by Crippen LogP contribution is -2.29. The summed E-state index contributed by atoms with van der Waals surface area (Å²) >= 11 is 1.70. The summed E-state index contributed by atoms with van der Waals surface area (Å²) in [6.07, 6.45) is -4.87. The van der Waals surface area contributed by atoms with Crippen LogP contribution in [0.1, 0.15) is 23.5 Å². The van der Waals surface area contributed by atoms with Gasteiger partial charge in [0.2, 0.25) is 5.91 Å². The zero-order valence-corrected chi connectivity index (χ0v) is 20.8. The van der Waals surface area contributed by atoms with Gasteiger partial charge in [-0.05, 0) is 18.6 Å². The van der Waals surface area contributed by atoms with E-state index < -0.39 is 24.3 Å². The van der Waals surface area contributed by atoms with Crippen LogP contribution < -0.4 is 5.32 Å². The quantitative estimate of drug-likeness (QED) is 0.436. The predicted octanol–water partition coefficient (Wildman–Crippen LogP) is 3.10. The molecular formula is C22H24F6N4O6S. The molecule has 0 aliphatic carbocycles. The highest BCUT2D eigenvalue weighted by atomic mass is 32.1. The van der Waals surface area contributed by atoms with E-state index in [9.17, 15) is 31.1 Å². The molecule has 3 N–H and O–H groups in total. The van der Waals surface area contributed by atoms with Gasteiger partial charge in [-0.3, -0.25) is 14.7 Å². The molecule has 2 aromatic rings. The van der Waals surface area contributed by atoms with Gasteiger partial charge in [-0.2, -0.15) is 26.3 Å². The molecule has 17 heteroatoms. The van der Waals surface area contributed by atoms with Crippen LogP contribution in [0.3, 0.4) is 0 Å². The summed E-state index contributed by atoms with van der Waals surface area (Å²) in [4.78, 5) is 40.9. The zero-order valence-electron chi connectivity index (χ0n) is 20.0. The second-order valence-corrected chi connectivity index (χ2v) is 9.30. The number of halogens is 6. The number of hydrogen-bond acceptors (Lipinski definition) is 8. The van der Waals surface area contributed by atoms with Crippen molar-refractivity contribution in [1.82, 2.24) is 20.2 Å². The molecule has 0 bridgehead atoms. The zero-order chi connectivity index (χ0) is 29.2. The third-order valence-electron chi connectivity index (χ3n) is 5.32. The molecule has 0 saturated carbocycles. The molecular weight excluding hydrogens is 562 g/mol. The fourth-order valence-electron chi connectivity index (χ4n) is 3.70. The van der Waals surface area contributed by atoms with Gasteiger partial charge < -0.3 is 20.3 Å². The van der Waals surface area contributed by atoms with E-state index in [0.717, 1.165) is 36.8 Å². The topological polar surface area (TPSA) is 142 Å². The second-order valence-electron chi connectivity index (χ2n) is 8.32. The van der Waals surface area contributed by atoms with E-state index in [1.165, 1.54) is 0 Å². The number of carbonyl (C=O) groups excluding carboxylic acids is 1. The number of carboxylic acids is 2. The van der Waals surface area contributed by atoms with Crippen LogP contribution in [0.25, 0.3) is 0 Å². The number of rotatable bonds is 6. The van der Waals surface area contributed by atoms with Gasteiger partial charge >= 0.3 is 24.3 Å². The van der Waals surface area contributed by atoms with Crippen molar-refractivity contribution < 1.29 is 55.7 Å². The van der Waals surface area contributed by atoms with E-state index in [1.54, 1.807) is 17.5 Å². The Kier molecular flexibility index (Phi) is 11.6. The Morgan fingerprint density at radius 1 is 1.03 bits per heavy atom. The molecule has 4 rings (SSSR count). The number of likely N-dealkylation sites (tertiary alicyclic amines) is 1. The van der Waals surface area contributed by atoms with Crippen molar-refractivity contribution in [1.29, 1.82) is 0 Å². The fraction of sp³-hybridized carbons (Fsp3) is 0.500. The molecule has 2 aromatic heterocycles. The first kappa shape index (κ1) is 31.9. The van der Waals surface area contributed by atoms with Crippen molar-refractivity contribution in [3.63, 3.8) is 0 Å². The Balaban J connectivity index is 0.000000317. The molecule has 1 amide bonds. The van der Waals surface area contributed by atoms with Gasteiger partial charge in [0, 0.05) is 36.8 Å². The lowest BCUT2D eigenvalue weighted by molar-refractivity contribution is -0.193. The highest BCUT2D eigenvalue weighted by Crippen LogP contribution is 2.35. The van der Waals surface area contributed by atoms with Gasteiger partial charge in [-0.25, -0.2) is 14.6 Å². The van der Waals surface area contributed by atoms with E-state index in [0.29, 0.717) is 18.9 Å². The average Bonchev–Trinajstić information content (AvgIpc) is 3.56. The maximum absolute atomic E-state index is 12.1. The summed E-state index contributed by atoms with van der Waals surface area (Å²) in [7, 11) is 0. The van der Waals surface area contributed by atoms with E-state index in [-0.39, 0.29) is 18.1 Å². The number of carboxylic acid groups (broad SMARTS) is 2. The second kappa shape index (κ2) is 14.2. The number of nitrogens with zero attached hydrogens (tertiary/aromatic N) is 3. The number of aliphatic carboxylic acids is 2. The number of aromatic nitrogens is 2. The number of carbonyl (C=O) groups is 3. The largest absolute Gasteiger partial charge is 0.490 e. The molecule has 2 saturated heterocycles. The molecule has 2 aliphatic rings. The number of amides is 1. The number of thiazole rings is 1. The summed E-state index contributed by atoms with van der Waals surface area (Å²) in [5, 5.41) is 20.4. The Morgan fingerprint density at radius 2 is 1.67 bits per heavy atom. The Morgan fingerprint density at radius 3 is 2.15 bits per heavy atom. The van der Waals surface area contributed by atoms with Gasteiger partial charge in [0.25, 0.3) is 0 Å². The van der Waals surface area contributed by atoms with E-state index in [1.807, 2.05) is 29.8 Å². The van der Waals surface area contributed by atoms with E-state index in [4.69, 9.17) is 24.5 Å². The SMILES string of the molecule is O=C(C[C@H]1C[C@H]2CN(Cc3nccs3)C[C@H]2O1)NCc1ccccn1.O=C(O)C(F)(F)F.O=C(O)C(F)(F)F. The molecule has 3 atom stereocenters. The van der Waals surface area contributed by atoms with E-state index in [2.05, 4.69) is 20.2 Å². The minimum atomic E-state index is -5.08. The van der Waals surface area contributed by atoms with Crippen LogP contribution in [0.2, 0.25) is 0 Å². The van der Waals surface area contributed by atoms with Gasteiger partial charge in [-0.1, -0.05) is 6.07 Å². The summed E-state index contributed by atoms with van der Waals surface area (Å²) < 4.78 is 69.6. The number of fused-ring (bicyclic) bond motifs is 1. The van der Waals surface area contributed by atoms with Crippen molar-refractivity contribution in [2.45, 2.75) is 50.5 Å². The molecule has 10 nitrogen and oxygen atoms in total. The Bertz CT molecular complexity index is 1030. The van der Waals surface area contributed by atoms with Crippen molar-refractivity contribution in [3.8, 4) is 0 Å². The molecule has 0 aromatic carbocycles. The molecule has 39 heavy (non-hydrogen) atoms. The molecule has 216 valence electrons. The first-order chi connectivity index (χ1) is 18.1. The Hall–Kier alpha value is -3.31. The predicted molar refractivity (Wildman–Crippen MR) is 122 cm³/mol. The normalized spacial score (nSPS) is 20.6. The summed E-state index contributed by atoms with van der Waals surface area (Å²) in [5.41, 5.74) is 0.873. The molecule has 4 heterocycles. The van der Waals surface area contributed by atoms with E-state index >= 15 is 0 Å². The highest BCUT2D eigenvalue weighted by Gasteiger charge is 2.42. The van der Waals surface area contributed by atoms with Gasteiger partial charge in [-0.15, -0.1) is 11.3 Å². The molecule has 0 radical (unpaired) electrons. The summed E-state index contributed by atoms with van der Waals surface area (Å²) in [6, 6.07) is 5.70. The van der Waals surface area contributed by atoms with Crippen molar-refractivity contribution in [2.24, 2.45) is 5.92 Å². The number of hydrogen-bond donors (Lipinski definition) is 3. The minimum Gasteiger partial charge on any atom is -0.475 e. The van der Waals surface area contributed by atoms with Gasteiger partial charge in [0.1, 0.15) is 5.01 Å². The number of alkyl halides is 6. The lowest BCUT2D eigenvalue weighted by Gasteiger charge is -2.18. The monoisotopic (exact) mass is 586 g/mol. The molecule has 0 unspecified atom stereocenters. The molecule has 0 spiro atoms. The third-order valence-corrected chi connectivity index (χ3v) is 6.09. The van der Waals surface area contributed by atoms with Gasteiger partial charge in [0.15, 0.2) is 0 Å². The van der Waals surface area contributed by atoms with Crippen LogP contribution in [0.5, 0.6) is 0 Å². The first-order valence-electron chi connectivity index (χ1n) is 11.2. The van der Waals surface area contributed by atoms with Crippen LogP contribution in [0.4, 0.5) is 26.3 Å². The Labute approximate surface area is 221 Å². The third kappa shape index (κ3) is 11.5. The summed E-state index contributed by atoms with van der Waals surface area (Å²) in [6.45, 7) is 3.36. The standard InChI is InChI=1S/C18H22N4O2S.2C2HF3O2/c23-17(21-9-14-3-1-2-4-19-14)8-15-7-13-10-22(11-16(13)24-15)12-18-20-5-6-25-18;2*3-2(4,5)1(6)7/h1-6,13,15-16H,7-12H2,(H,21,23);2*(H,6,7)/t13-,15+,16+;;/m0../s1. The number of nitrogens with one attached hydrogen (secondary N) is 1. The highest BCUT2D eigenvalue weighted by molar-refractivity contribution is 7.09. The minimum absolute atomic E-state index is 0.0373. The fourth-order valence-corrected chi connectivity index (χ4v) is 4.36. The van der Waals surface area contributed by atoms with Crippen molar-refractivity contribution in [3.05, 3.63) is 46.7 Å². The first-order valence-corrected chi connectivity index (χ1v) is 12.1. The van der Waals surface area contributed by atoms with Crippen molar-refractivity contribution >= 4 is 29.2 Å². The van der Waals surface area contributed by atoms with Crippen LogP contribution in [0.15, 0.2) is 36.0 Å². The number of pyridine rings is 1. The maximum Gasteiger partial charge on any atom is 0.490 e. The van der Waals surface area contributed by atoms with Crippen LogP contribution in [-0.4, -0.2) is 80.6 Å². The smallest absolute Gasteiger partial charge is 0.475 e. The van der Waals surface area contributed by atoms with Gasteiger partial charge in [0.05, 0.1) is 37.4 Å². The number of ether oxygens (including phenoxy) is 1. The summed E-state index contributed by atoms with van der Waals surface area (Å²) in [5.74, 6) is -4.94. The van der Waals surface area contributed by atoms with Crippen LogP contribution >= 0.6 is 11.3 Å². The molecule has 2 aliphatic heterocycles. The lowest BCUT2D eigenvalue weighted by atomic mass is 10.0. The van der Waals surface area contributed by atoms with Crippen LogP contribution in [-0.2, 0) is 32.2 Å².